The highest BCUT2D eigenvalue weighted by Crippen LogP contribution is 2.22. The summed E-state index contributed by atoms with van der Waals surface area (Å²) in [4.78, 5) is 6.63. The zero-order chi connectivity index (χ0) is 10.0. The van der Waals surface area contributed by atoms with E-state index in [0.717, 1.165) is 31.7 Å². The van der Waals surface area contributed by atoms with Gasteiger partial charge in [0.2, 0.25) is 0 Å². The topological polar surface area (TPSA) is 42.1 Å². The van der Waals surface area contributed by atoms with Crippen LogP contribution in [0.2, 0.25) is 0 Å². The fraction of sp³-hybridized carbons (Fsp3) is 0.545. The van der Waals surface area contributed by atoms with Gasteiger partial charge in [0.25, 0.3) is 0 Å². The number of rotatable bonds is 3. The Hall–Kier alpha value is -0.930. The average Bonchev–Trinajstić information content (AvgIpc) is 2.17. The molecule has 1 saturated heterocycles. The number of aromatic nitrogens is 1. The molecular weight excluding hydrogens is 174 g/mol. The molecule has 0 aliphatic carbocycles. The standard InChI is InChI=1S/C11H17N3/c1-2-11(12)8-14(9-11)7-10-5-3-4-6-13-10/h3-6H,2,7-9,12H2,1H3. The van der Waals surface area contributed by atoms with Crippen LogP contribution in [0.5, 0.6) is 0 Å². The van der Waals surface area contributed by atoms with Crippen LogP contribution in [0.25, 0.3) is 0 Å². The Morgan fingerprint density at radius 1 is 1.50 bits per heavy atom. The van der Waals surface area contributed by atoms with Crippen LogP contribution in [0.15, 0.2) is 24.4 Å². The van der Waals surface area contributed by atoms with Gasteiger partial charge in [-0.15, -0.1) is 0 Å². The first-order valence-corrected chi connectivity index (χ1v) is 5.13. The Balaban J connectivity index is 1.85. The van der Waals surface area contributed by atoms with E-state index in [4.69, 9.17) is 5.73 Å². The quantitative estimate of drug-likeness (QED) is 0.775. The highest BCUT2D eigenvalue weighted by Gasteiger charge is 2.37. The van der Waals surface area contributed by atoms with E-state index >= 15 is 0 Å². The zero-order valence-corrected chi connectivity index (χ0v) is 8.61. The predicted octanol–water partition coefficient (Wildman–Crippen LogP) is 1.00. The first-order valence-electron chi connectivity index (χ1n) is 5.13. The lowest BCUT2D eigenvalue weighted by atomic mass is 9.88. The van der Waals surface area contributed by atoms with Gasteiger partial charge >= 0.3 is 0 Å². The molecule has 2 heterocycles. The third-order valence-electron chi connectivity index (χ3n) is 2.89. The molecule has 0 unspecified atom stereocenters. The number of nitrogens with two attached hydrogens (primary N) is 1. The fourth-order valence-electron chi connectivity index (χ4n) is 1.90. The normalized spacial score (nSPS) is 20.4. The van der Waals surface area contributed by atoms with Crippen molar-refractivity contribution in [1.29, 1.82) is 0 Å². The molecule has 0 atom stereocenters. The third-order valence-corrected chi connectivity index (χ3v) is 2.89. The van der Waals surface area contributed by atoms with Gasteiger partial charge in [0.15, 0.2) is 0 Å². The molecule has 2 N–H and O–H groups in total. The SMILES string of the molecule is CCC1(N)CN(Cc2ccccn2)C1. The molecule has 1 aliphatic heterocycles. The predicted molar refractivity (Wildman–Crippen MR) is 56.7 cm³/mol. The van der Waals surface area contributed by atoms with Gasteiger partial charge in [-0.1, -0.05) is 13.0 Å². The molecule has 0 spiro atoms. The van der Waals surface area contributed by atoms with Gasteiger partial charge in [0, 0.05) is 31.4 Å². The molecule has 76 valence electrons. The van der Waals surface area contributed by atoms with Crippen LogP contribution < -0.4 is 5.73 Å². The lowest BCUT2D eigenvalue weighted by Crippen LogP contribution is -2.66. The van der Waals surface area contributed by atoms with Crippen molar-refractivity contribution in [2.24, 2.45) is 5.73 Å². The molecule has 0 bridgehead atoms. The van der Waals surface area contributed by atoms with E-state index in [1.807, 2.05) is 18.3 Å². The maximum Gasteiger partial charge on any atom is 0.0543 e. The van der Waals surface area contributed by atoms with Crippen molar-refractivity contribution in [2.45, 2.75) is 25.4 Å². The Morgan fingerprint density at radius 2 is 2.29 bits per heavy atom. The van der Waals surface area contributed by atoms with Crippen molar-refractivity contribution in [2.75, 3.05) is 13.1 Å². The first-order chi connectivity index (χ1) is 6.72. The van der Waals surface area contributed by atoms with Crippen LogP contribution in [0.4, 0.5) is 0 Å². The van der Waals surface area contributed by atoms with Crippen LogP contribution in [0, 0.1) is 0 Å². The summed E-state index contributed by atoms with van der Waals surface area (Å²) in [6.45, 7) is 5.08. The number of nitrogens with zero attached hydrogens (tertiary/aromatic N) is 2. The summed E-state index contributed by atoms with van der Waals surface area (Å²) < 4.78 is 0. The molecule has 1 aliphatic rings. The summed E-state index contributed by atoms with van der Waals surface area (Å²) in [6.07, 6.45) is 2.90. The van der Waals surface area contributed by atoms with E-state index in [0.29, 0.717) is 0 Å². The van der Waals surface area contributed by atoms with E-state index in [1.54, 1.807) is 0 Å². The summed E-state index contributed by atoms with van der Waals surface area (Å²) >= 11 is 0. The Morgan fingerprint density at radius 3 is 2.86 bits per heavy atom. The molecule has 1 aromatic rings. The van der Waals surface area contributed by atoms with Crippen molar-refractivity contribution < 1.29 is 0 Å². The molecular formula is C11H17N3. The summed E-state index contributed by atoms with van der Waals surface area (Å²) in [5, 5.41) is 0. The van der Waals surface area contributed by atoms with Crippen molar-refractivity contribution in [3.63, 3.8) is 0 Å². The molecule has 3 nitrogen and oxygen atoms in total. The van der Waals surface area contributed by atoms with Gasteiger partial charge < -0.3 is 5.73 Å². The Kier molecular flexibility index (Phi) is 2.52. The van der Waals surface area contributed by atoms with Crippen LogP contribution in [0.1, 0.15) is 19.0 Å². The first kappa shape index (κ1) is 9.62. The summed E-state index contributed by atoms with van der Waals surface area (Å²) in [5.41, 5.74) is 7.28. The van der Waals surface area contributed by atoms with E-state index in [9.17, 15) is 0 Å². The van der Waals surface area contributed by atoms with E-state index in [-0.39, 0.29) is 5.54 Å². The fourth-order valence-corrected chi connectivity index (χ4v) is 1.90. The summed E-state index contributed by atoms with van der Waals surface area (Å²) in [5.74, 6) is 0. The van der Waals surface area contributed by atoms with Crippen LogP contribution >= 0.6 is 0 Å². The van der Waals surface area contributed by atoms with Gasteiger partial charge in [-0.3, -0.25) is 9.88 Å². The highest BCUT2D eigenvalue weighted by atomic mass is 15.2. The number of hydrogen-bond donors (Lipinski definition) is 1. The van der Waals surface area contributed by atoms with Crippen LogP contribution in [0.3, 0.4) is 0 Å². The van der Waals surface area contributed by atoms with Gasteiger partial charge in [-0.25, -0.2) is 0 Å². The van der Waals surface area contributed by atoms with Crippen LogP contribution in [-0.4, -0.2) is 28.5 Å². The Bertz CT molecular complexity index is 291. The molecule has 1 fully saturated rings. The number of pyridine rings is 1. The monoisotopic (exact) mass is 191 g/mol. The average molecular weight is 191 g/mol. The van der Waals surface area contributed by atoms with Crippen molar-refractivity contribution in [3.8, 4) is 0 Å². The second-order valence-corrected chi connectivity index (χ2v) is 4.18. The molecule has 0 amide bonds. The maximum atomic E-state index is 6.08. The Labute approximate surface area is 84.9 Å². The maximum absolute atomic E-state index is 6.08. The minimum absolute atomic E-state index is 0.0643. The lowest BCUT2D eigenvalue weighted by molar-refractivity contribution is 0.0595. The third kappa shape index (κ3) is 1.94. The van der Waals surface area contributed by atoms with Gasteiger partial charge in [0.05, 0.1) is 5.69 Å². The second kappa shape index (κ2) is 3.67. The van der Waals surface area contributed by atoms with E-state index in [1.165, 1.54) is 0 Å². The van der Waals surface area contributed by atoms with Crippen molar-refractivity contribution >= 4 is 0 Å². The molecule has 0 saturated carbocycles. The number of hydrogen-bond acceptors (Lipinski definition) is 3. The minimum Gasteiger partial charge on any atom is -0.323 e. The lowest BCUT2D eigenvalue weighted by Gasteiger charge is -2.47. The molecule has 1 aromatic heterocycles. The van der Waals surface area contributed by atoms with Gasteiger partial charge in [0.1, 0.15) is 0 Å². The molecule has 3 heteroatoms. The summed E-state index contributed by atoms with van der Waals surface area (Å²) in [6, 6.07) is 6.03. The van der Waals surface area contributed by atoms with Crippen molar-refractivity contribution in [1.82, 2.24) is 9.88 Å². The van der Waals surface area contributed by atoms with E-state index < -0.39 is 0 Å². The highest BCUT2D eigenvalue weighted by molar-refractivity contribution is 5.07. The minimum atomic E-state index is 0.0643. The van der Waals surface area contributed by atoms with Gasteiger partial charge in [-0.05, 0) is 18.6 Å². The molecule has 14 heavy (non-hydrogen) atoms. The van der Waals surface area contributed by atoms with Crippen molar-refractivity contribution in [3.05, 3.63) is 30.1 Å². The summed E-state index contributed by atoms with van der Waals surface area (Å²) in [7, 11) is 0. The van der Waals surface area contributed by atoms with Gasteiger partial charge in [-0.2, -0.15) is 0 Å². The molecule has 0 radical (unpaired) electrons. The largest absolute Gasteiger partial charge is 0.323 e. The van der Waals surface area contributed by atoms with E-state index in [2.05, 4.69) is 22.9 Å². The number of likely N-dealkylation sites (tertiary alicyclic amines) is 1. The molecule has 2 rings (SSSR count). The molecule has 0 aromatic carbocycles. The zero-order valence-electron chi connectivity index (χ0n) is 8.61. The van der Waals surface area contributed by atoms with Crippen LogP contribution in [-0.2, 0) is 6.54 Å². The smallest absolute Gasteiger partial charge is 0.0543 e. The second-order valence-electron chi connectivity index (χ2n) is 4.18.